The molecule has 3 rings (SSSR count). The first-order valence-corrected chi connectivity index (χ1v) is 9.36. The molecule has 0 amide bonds. The Bertz CT molecular complexity index is 469. The highest BCUT2D eigenvalue weighted by Crippen LogP contribution is 2.46. The van der Waals surface area contributed by atoms with Gasteiger partial charge in [-0.25, -0.2) is 0 Å². The minimum atomic E-state index is 0.235. The smallest absolute Gasteiger partial charge is 0.191 e. The number of nitrogens with one attached hydrogen (secondary N) is 1. The maximum Gasteiger partial charge on any atom is 0.191 e. The van der Waals surface area contributed by atoms with Gasteiger partial charge in [0.1, 0.15) is 5.82 Å². The van der Waals surface area contributed by atoms with Crippen molar-refractivity contribution in [2.24, 2.45) is 0 Å². The summed E-state index contributed by atoms with van der Waals surface area (Å²) in [5.41, 5.74) is 0.235. The SMILES string of the molecule is CC(C)(C)NCCCCSc1nnc(C2CC2)n1C1CC1. The van der Waals surface area contributed by atoms with Crippen LogP contribution in [-0.2, 0) is 0 Å². The van der Waals surface area contributed by atoms with Crippen LogP contribution in [0, 0.1) is 0 Å². The summed E-state index contributed by atoms with van der Waals surface area (Å²) in [6.07, 6.45) is 7.74. The second kappa shape index (κ2) is 6.29. The minimum Gasteiger partial charge on any atom is -0.312 e. The Kier molecular flexibility index (Phi) is 4.60. The van der Waals surface area contributed by atoms with E-state index < -0.39 is 0 Å². The average Bonchev–Trinajstić information content (AvgIpc) is 3.31. The van der Waals surface area contributed by atoms with Crippen LogP contribution in [0.2, 0.25) is 0 Å². The van der Waals surface area contributed by atoms with Gasteiger partial charge in [0, 0.05) is 23.3 Å². The van der Waals surface area contributed by atoms with Crippen LogP contribution in [0.3, 0.4) is 0 Å². The molecule has 5 heteroatoms. The molecule has 1 N–H and O–H groups in total. The second-order valence-corrected chi connectivity index (χ2v) is 8.51. The van der Waals surface area contributed by atoms with Crippen LogP contribution in [0.1, 0.15) is 77.1 Å². The van der Waals surface area contributed by atoms with E-state index in [-0.39, 0.29) is 5.54 Å². The molecule has 0 aliphatic heterocycles. The number of hydrogen-bond donors (Lipinski definition) is 1. The van der Waals surface area contributed by atoms with E-state index in [2.05, 4.69) is 40.9 Å². The molecular formula is C16H28N4S. The average molecular weight is 308 g/mol. The molecule has 0 aromatic carbocycles. The Labute approximate surface area is 132 Å². The molecule has 0 bridgehead atoms. The fourth-order valence-electron chi connectivity index (χ4n) is 2.54. The van der Waals surface area contributed by atoms with Gasteiger partial charge >= 0.3 is 0 Å². The Hall–Kier alpha value is -0.550. The maximum atomic E-state index is 4.47. The molecule has 1 aromatic heterocycles. The molecular weight excluding hydrogens is 280 g/mol. The highest BCUT2D eigenvalue weighted by atomic mass is 32.2. The molecule has 0 saturated heterocycles. The second-order valence-electron chi connectivity index (χ2n) is 7.45. The number of hydrogen-bond acceptors (Lipinski definition) is 4. The van der Waals surface area contributed by atoms with Gasteiger partial charge < -0.3 is 9.88 Å². The van der Waals surface area contributed by atoms with Crippen LogP contribution in [0.15, 0.2) is 5.16 Å². The molecule has 0 atom stereocenters. The van der Waals surface area contributed by atoms with Gasteiger partial charge in [0.25, 0.3) is 0 Å². The number of unbranched alkanes of at least 4 members (excludes halogenated alkanes) is 1. The van der Waals surface area contributed by atoms with Crippen molar-refractivity contribution in [3.8, 4) is 0 Å². The molecule has 0 radical (unpaired) electrons. The molecule has 4 nitrogen and oxygen atoms in total. The lowest BCUT2D eigenvalue weighted by Gasteiger charge is -2.20. The summed E-state index contributed by atoms with van der Waals surface area (Å²) in [5, 5.41) is 13.6. The summed E-state index contributed by atoms with van der Waals surface area (Å²) in [5.74, 6) is 3.14. The van der Waals surface area contributed by atoms with Crippen molar-refractivity contribution in [2.45, 2.75) is 82.0 Å². The first-order valence-electron chi connectivity index (χ1n) is 8.37. The van der Waals surface area contributed by atoms with E-state index in [0.29, 0.717) is 12.0 Å². The quantitative estimate of drug-likeness (QED) is 0.587. The molecule has 2 saturated carbocycles. The van der Waals surface area contributed by atoms with Crippen LogP contribution in [0.4, 0.5) is 0 Å². The van der Waals surface area contributed by atoms with Crippen molar-refractivity contribution in [2.75, 3.05) is 12.3 Å². The first-order chi connectivity index (χ1) is 10.0. The number of nitrogens with zero attached hydrogens (tertiary/aromatic N) is 3. The lowest BCUT2D eigenvalue weighted by Crippen LogP contribution is -2.36. The molecule has 1 aromatic rings. The van der Waals surface area contributed by atoms with Crippen molar-refractivity contribution < 1.29 is 0 Å². The van der Waals surface area contributed by atoms with E-state index in [1.54, 1.807) is 0 Å². The lowest BCUT2D eigenvalue weighted by atomic mass is 10.1. The predicted octanol–water partition coefficient (Wildman–Crippen LogP) is 3.75. The fourth-order valence-corrected chi connectivity index (χ4v) is 3.55. The van der Waals surface area contributed by atoms with Gasteiger partial charge in [0.15, 0.2) is 5.16 Å². The van der Waals surface area contributed by atoms with Crippen molar-refractivity contribution in [3.63, 3.8) is 0 Å². The summed E-state index contributed by atoms with van der Waals surface area (Å²) >= 11 is 1.90. The molecule has 2 aliphatic carbocycles. The topological polar surface area (TPSA) is 42.7 Å². The summed E-state index contributed by atoms with van der Waals surface area (Å²) in [4.78, 5) is 0. The van der Waals surface area contributed by atoms with Gasteiger partial charge in [-0.05, 0) is 65.8 Å². The van der Waals surface area contributed by atoms with Gasteiger partial charge in [-0.1, -0.05) is 11.8 Å². The Morgan fingerprint density at radius 3 is 2.52 bits per heavy atom. The molecule has 2 fully saturated rings. The zero-order chi connectivity index (χ0) is 14.9. The zero-order valence-electron chi connectivity index (χ0n) is 13.6. The van der Waals surface area contributed by atoms with Gasteiger partial charge in [-0.2, -0.15) is 0 Å². The Morgan fingerprint density at radius 1 is 1.14 bits per heavy atom. The summed E-state index contributed by atoms with van der Waals surface area (Å²) in [6, 6.07) is 0.709. The Morgan fingerprint density at radius 2 is 1.90 bits per heavy atom. The largest absolute Gasteiger partial charge is 0.312 e. The van der Waals surface area contributed by atoms with Gasteiger partial charge in [-0.15, -0.1) is 10.2 Å². The molecule has 2 aliphatic rings. The van der Waals surface area contributed by atoms with Crippen LogP contribution in [-0.4, -0.2) is 32.6 Å². The van der Waals surface area contributed by atoms with Crippen LogP contribution < -0.4 is 5.32 Å². The zero-order valence-corrected chi connectivity index (χ0v) is 14.4. The number of rotatable bonds is 8. The third-order valence-corrected chi connectivity index (χ3v) is 5.03. The number of thioether (sulfide) groups is 1. The van der Waals surface area contributed by atoms with E-state index in [4.69, 9.17) is 0 Å². The van der Waals surface area contributed by atoms with Crippen molar-refractivity contribution in [1.29, 1.82) is 0 Å². The number of aromatic nitrogens is 3. The van der Waals surface area contributed by atoms with Crippen molar-refractivity contribution in [3.05, 3.63) is 5.82 Å². The van der Waals surface area contributed by atoms with Crippen LogP contribution in [0.5, 0.6) is 0 Å². The van der Waals surface area contributed by atoms with E-state index >= 15 is 0 Å². The van der Waals surface area contributed by atoms with Crippen molar-refractivity contribution >= 4 is 11.8 Å². The Balaban J connectivity index is 1.43. The van der Waals surface area contributed by atoms with Gasteiger partial charge in [-0.3, -0.25) is 0 Å². The molecule has 118 valence electrons. The monoisotopic (exact) mass is 308 g/mol. The van der Waals surface area contributed by atoms with E-state index in [0.717, 1.165) is 12.3 Å². The third kappa shape index (κ3) is 4.46. The van der Waals surface area contributed by atoms with E-state index in [1.165, 1.54) is 49.5 Å². The standard InChI is InChI=1S/C16H28N4S/c1-16(2,3)17-10-4-5-11-21-15-19-18-14(12-6-7-12)20(15)13-8-9-13/h12-13,17H,4-11H2,1-3H3. The fraction of sp³-hybridized carbons (Fsp3) is 0.875. The minimum absolute atomic E-state index is 0.235. The molecule has 0 unspecified atom stereocenters. The highest BCUT2D eigenvalue weighted by Gasteiger charge is 2.36. The molecule has 1 heterocycles. The van der Waals surface area contributed by atoms with E-state index in [1.807, 2.05) is 11.8 Å². The predicted molar refractivity (Wildman–Crippen MR) is 88.0 cm³/mol. The lowest BCUT2D eigenvalue weighted by molar-refractivity contribution is 0.421. The van der Waals surface area contributed by atoms with Gasteiger partial charge in [0.2, 0.25) is 0 Å². The molecule has 21 heavy (non-hydrogen) atoms. The summed E-state index contributed by atoms with van der Waals surface area (Å²) in [6.45, 7) is 7.77. The summed E-state index contributed by atoms with van der Waals surface area (Å²) < 4.78 is 2.45. The highest BCUT2D eigenvalue weighted by molar-refractivity contribution is 7.99. The first kappa shape index (κ1) is 15.3. The molecule has 0 spiro atoms. The van der Waals surface area contributed by atoms with Crippen molar-refractivity contribution in [1.82, 2.24) is 20.1 Å². The van der Waals surface area contributed by atoms with Crippen LogP contribution in [0.25, 0.3) is 0 Å². The van der Waals surface area contributed by atoms with Gasteiger partial charge in [0.05, 0.1) is 0 Å². The van der Waals surface area contributed by atoms with E-state index in [9.17, 15) is 0 Å². The summed E-state index contributed by atoms with van der Waals surface area (Å²) in [7, 11) is 0. The third-order valence-electron chi connectivity index (χ3n) is 4.00. The maximum absolute atomic E-state index is 4.47. The normalized spacial score (nSPS) is 19.2. The van der Waals surface area contributed by atoms with Crippen LogP contribution >= 0.6 is 11.8 Å².